The number of hydrogen-bond donors (Lipinski definition) is 2. The average Bonchev–Trinajstić information content (AvgIpc) is 3.60. The SMILES string of the molecule is COc1cccc(C2=C(C(OC(C(O)(C3=C(c4cccc(OC)c4)CCc4ccccc43)c3ccc(OCCN4CCCCC4)cc3)S(=O)(=O)O)c3ccc(OCCN4CCCCC4)cc3)c3ccc(OC)cc3CC2)c1. The Morgan fingerprint density at radius 1 is 0.532 bits per heavy atom. The largest absolute Gasteiger partial charge is 0.497 e. The maximum Gasteiger partial charge on any atom is 0.296 e. The summed E-state index contributed by atoms with van der Waals surface area (Å²) in [4.78, 5) is 4.83. The molecule has 10 rings (SSSR count). The fourth-order valence-corrected chi connectivity index (χ4v) is 12.8. The van der Waals surface area contributed by atoms with E-state index >= 15 is 8.42 Å². The molecule has 0 saturated carbocycles. The lowest BCUT2D eigenvalue weighted by molar-refractivity contribution is -0.0578. The van der Waals surface area contributed by atoms with Crippen LogP contribution in [-0.4, -0.2) is 107 Å². The molecule has 4 aliphatic rings. The van der Waals surface area contributed by atoms with Crippen molar-refractivity contribution < 1.29 is 46.5 Å². The van der Waals surface area contributed by atoms with Gasteiger partial charge in [-0.05, 0) is 199 Å². The fourth-order valence-electron chi connectivity index (χ4n) is 11.9. The molecule has 0 radical (unpaired) electrons. The number of likely N-dealkylation sites (tertiary alicyclic amines) is 2. The van der Waals surface area contributed by atoms with Crippen molar-refractivity contribution in [2.24, 2.45) is 0 Å². The number of piperidine rings is 2. The highest BCUT2D eigenvalue weighted by molar-refractivity contribution is 7.86. The Hall–Kier alpha value is -6.45. The predicted octanol–water partition coefficient (Wildman–Crippen LogP) is 11.7. The van der Waals surface area contributed by atoms with Crippen molar-refractivity contribution in [1.82, 2.24) is 9.80 Å². The van der Waals surface area contributed by atoms with Gasteiger partial charge in [-0.2, -0.15) is 8.42 Å². The molecule has 0 aromatic heterocycles. The molecule has 6 aromatic carbocycles. The molecule has 2 N–H and O–H groups in total. The van der Waals surface area contributed by atoms with E-state index in [2.05, 4.69) is 9.80 Å². The first kappa shape index (κ1) is 53.9. The van der Waals surface area contributed by atoms with E-state index in [9.17, 15) is 9.66 Å². The quantitative estimate of drug-likeness (QED) is 0.0664. The summed E-state index contributed by atoms with van der Waals surface area (Å²) in [6.45, 7) is 6.73. The highest BCUT2D eigenvalue weighted by Gasteiger charge is 2.54. The standard InChI is InChI=1S/C64H72N2O10S/c1-71-53-17-12-15-47(42-53)56-31-23-49-44-55(73-3)30-33-57(49)60(56)62(46-20-26-51(27-21-46)74-40-38-65-34-8-4-9-35-65)76-63(77(68,69)70)64(67,50-24-28-52(29-25-50)75-41-39-66-36-10-5-11-37-66)61-58-19-7-6-14-45(58)22-32-59(61)48-16-13-18-54(43-48)72-2/h6-7,12-21,24-30,33,42-44,62-63,67H,4-5,8-11,22-23,31-32,34-41H2,1-3H3,(H,68,69,70). The minimum Gasteiger partial charge on any atom is -0.497 e. The van der Waals surface area contributed by atoms with E-state index in [0.717, 1.165) is 72.7 Å². The molecule has 12 nitrogen and oxygen atoms in total. The normalized spacial score (nSPS) is 17.9. The molecule has 13 heteroatoms. The zero-order valence-corrected chi connectivity index (χ0v) is 45.4. The maximum atomic E-state index is 15.1. The van der Waals surface area contributed by atoms with Crippen molar-refractivity contribution >= 4 is 32.4 Å². The second-order valence-electron chi connectivity index (χ2n) is 20.6. The third-order valence-electron chi connectivity index (χ3n) is 15.9. The smallest absolute Gasteiger partial charge is 0.296 e. The number of aliphatic hydroxyl groups is 1. The van der Waals surface area contributed by atoms with Crippen LogP contribution in [0.15, 0.2) is 140 Å². The van der Waals surface area contributed by atoms with Gasteiger partial charge < -0.3 is 33.5 Å². The van der Waals surface area contributed by atoms with Gasteiger partial charge in [-0.1, -0.05) is 91.7 Å². The van der Waals surface area contributed by atoms with Crippen LogP contribution < -0.4 is 23.7 Å². The summed E-state index contributed by atoms with van der Waals surface area (Å²) in [5, 5.41) is 14.5. The lowest BCUT2D eigenvalue weighted by Gasteiger charge is -2.42. The van der Waals surface area contributed by atoms with Gasteiger partial charge in [0.1, 0.15) is 48.1 Å². The lowest BCUT2D eigenvalue weighted by atomic mass is 9.72. The Balaban J connectivity index is 1.17. The van der Waals surface area contributed by atoms with Crippen LogP contribution in [0.25, 0.3) is 22.3 Å². The summed E-state index contributed by atoms with van der Waals surface area (Å²) in [7, 11) is -0.531. The van der Waals surface area contributed by atoms with E-state index in [1.165, 1.54) is 38.5 Å². The fraction of sp³-hybridized carbons (Fsp3) is 0.375. The highest BCUT2D eigenvalue weighted by atomic mass is 32.2. The van der Waals surface area contributed by atoms with Crippen molar-refractivity contribution in [3.05, 3.63) is 184 Å². The van der Waals surface area contributed by atoms with Gasteiger partial charge in [0.15, 0.2) is 5.60 Å². The number of methoxy groups -OCH3 is 3. The monoisotopic (exact) mass is 1060 g/mol. The first-order chi connectivity index (χ1) is 37.5. The van der Waals surface area contributed by atoms with Crippen molar-refractivity contribution in [1.29, 1.82) is 0 Å². The van der Waals surface area contributed by atoms with Gasteiger partial charge in [0.2, 0.25) is 5.44 Å². The number of allylic oxidation sites excluding steroid dienone is 2. The Kier molecular flexibility index (Phi) is 17.1. The van der Waals surface area contributed by atoms with E-state index in [0.29, 0.717) is 95.5 Å². The van der Waals surface area contributed by atoms with Gasteiger partial charge in [-0.25, -0.2) is 0 Å². The third kappa shape index (κ3) is 12.2. The third-order valence-corrected chi connectivity index (χ3v) is 16.9. The molecule has 404 valence electrons. The van der Waals surface area contributed by atoms with Crippen molar-refractivity contribution in [3.8, 4) is 28.7 Å². The number of benzene rings is 6. The van der Waals surface area contributed by atoms with Crippen molar-refractivity contribution in [2.45, 2.75) is 81.3 Å². The molecule has 77 heavy (non-hydrogen) atoms. The second-order valence-corrected chi connectivity index (χ2v) is 22.1. The Labute approximate surface area is 454 Å². The molecule has 0 bridgehead atoms. The molecule has 3 atom stereocenters. The van der Waals surface area contributed by atoms with Crippen LogP contribution in [0.4, 0.5) is 0 Å². The summed E-state index contributed by atoms with van der Waals surface area (Å²) in [5.41, 5.74) is 3.26. The predicted molar refractivity (Wildman–Crippen MR) is 303 cm³/mol. The van der Waals surface area contributed by atoms with Gasteiger partial charge in [-0.3, -0.25) is 14.4 Å². The molecule has 2 aliphatic heterocycles. The number of aryl methyl sites for hydroxylation is 2. The van der Waals surface area contributed by atoms with Gasteiger partial charge in [0.25, 0.3) is 10.1 Å². The molecule has 6 aromatic rings. The van der Waals surface area contributed by atoms with Crippen LogP contribution in [0, 0.1) is 0 Å². The molecule has 3 unspecified atom stereocenters. The molecular formula is C64H72N2O10S. The average molecular weight is 1060 g/mol. The summed E-state index contributed by atoms with van der Waals surface area (Å²) < 4.78 is 79.6. The van der Waals surface area contributed by atoms with E-state index in [1.54, 1.807) is 45.6 Å². The summed E-state index contributed by atoms with van der Waals surface area (Å²) in [6, 6.07) is 43.4. The van der Waals surface area contributed by atoms with Crippen LogP contribution in [0.2, 0.25) is 0 Å². The molecule has 2 fully saturated rings. The van der Waals surface area contributed by atoms with Crippen LogP contribution in [0.3, 0.4) is 0 Å². The number of hydrogen-bond acceptors (Lipinski definition) is 11. The summed E-state index contributed by atoms with van der Waals surface area (Å²) in [5.74, 6) is 3.12. The number of rotatable bonds is 21. The number of fused-ring (bicyclic) bond motifs is 2. The minimum atomic E-state index is -5.39. The van der Waals surface area contributed by atoms with E-state index < -0.39 is 27.3 Å². The van der Waals surface area contributed by atoms with E-state index in [1.807, 2.05) is 115 Å². The minimum absolute atomic E-state index is 0.183. The second kappa shape index (κ2) is 24.5. The molecule has 0 amide bonds. The molecule has 2 heterocycles. The Morgan fingerprint density at radius 2 is 1.05 bits per heavy atom. The molecular weight excluding hydrogens is 989 g/mol. The Morgan fingerprint density at radius 3 is 1.64 bits per heavy atom. The van der Waals surface area contributed by atoms with Crippen LogP contribution in [-0.2, 0) is 33.3 Å². The number of ether oxygens (including phenoxy) is 6. The van der Waals surface area contributed by atoms with E-state index in [4.69, 9.17) is 28.4 Å². The molecule has 2 aliphatic carbocycles. The molecule has 0 spiro atoms. The molecule has 2 saturated heterocycles. The zero-order valence-electron chi connectivity index (χ0n) is 44.6. The van der Waals surface area contributed by atoms with Crippen molar-refractivity contribution in [3.63, 3.8) is 0 Å². The van der Waals surface area contributed by atoms with Gasteiger partial charge in [0.05, 0.1) is 21.3 Å². The number of nitrogens with zero attached hydrogens (tertiary/aromatic N) is 2. The van der Waals surface area contributed by atoms with Crippen LogP contribution >= 0.6 is 0 Å². The summed E-state index contributed by atoms with van der Waals surface area (Å²) in [6.07, 6.45) is 8.19. The Bertz CT molecular complexity index is 3160. The first-order valence-corrected chi connectivity index (χ1v) is 28.8. The first-order valence-electron chi connectivity index (χ1n) is 27.3. The van der Waals surface area contributed by atoms with Gasteiger partial charge >= 0.3 is 0 Å². The van der Waals surface area contributed by atoms with Gasteiger partial charge in [0, 0.05) is 18.7 Å². The van der Waals surface area contributed by atoms with Gasteiger partial charge in [-0.15, -0.1) is 0 Å². The topological polar surface area (TPSA) is 136 Å². The van der Waals surface area contributed by atoms with Crippen LogP contribution in [0.1, 0.15) is 102 Å². The zero-order chi connectivity index (χ0) is 53.4. The lowest BCUT2D eigenvalue weighted by Crippen LogP contribution is -2.48. The summed E-state index contributed by atoms with van der Waals surface area (Å²) >= 11 is 0. The maximum absolute atomic E-state index is 15.1. The highest BCUT2D eigenvalue weighted by Crippen LogP contribution is 2.54. The van der Waals surface area contributed by atoms with Crippen molar-refractivity contribution in [2.75, 3.05) is 73.8 Å². The van der Waals surface area contributed by atoms with E-state index in [-0.39, 0.29) is 5.56 Å². The van der Waals surface area contributed by atoms with Crippen LogP contribution in [0.5, 0.6) is 28.7 Å².